The predicted molar refractivity (Wildman–Crippen MR) is 46.7 cm³/mol. The first-order valence-corrected chi connectivity index (χ1v) is 4.10. The highest BCUT2D eigenvalue weighted by molar-refractivity contribution is 5.31. The van der Waals surface area contributed by atoms with Gasteiger partial charge in [0.1, 0.15) is 17.4 Å². The Balaban J connectivity index is 3.07. The summed E-state index contributed by atoms with van der Waals surface area (Å²) in [7, 11) is 0. The molecule has 1 aromatic carbocycles. The van der Waals surface area contributed by atoms with Gasteiger partial charge in [-0.15, -0.1) is 0 Å². The fourth-order valence-electron chi connectivity index (χ4n) is 1.21. The van der Waals surface area contributed by atoms with Crippen LogP contribution in [-0.4, -0.2) is 16.8 Å². The monoisotopic (exact) mass is 203 g/mol. The Morgan fingerprint density at radius 3 is 2.21 bits per heavy atom. The van der Waals surface area contributed by atoms with Crippen LogP contribution in [0.2, 0.25) is 0 Å². The molecule has 0 saturated carbocycles. The molecule has 5 heteroatoms. The molecule has 0 aliphatic carbocycles. The Hall–Kier alpha value is -1.20. The molecule has 0 aliphatic rings. The molecule has 0 saturated heterocycles. The van der Waals surface area contributed by atoms with E-state index < -0.39 is 23.4 Å². The lowest BCUT2D eigenvalue weighted by molar-refractivity contribution is 0.274. The number of aromatic hydroxyl groups is 1. The number of aliphatic hydroxyl groups excluding tert-OH is 1. The second-order valence-corrected chi connectivity index (χ2v) is 2.94. The first-order valence-electron chi connectivity index (χ1n) is 4.10. The van der Waals surface area contributed by atoms with E-state index in [1.54, 1.807) is 0 Å². The van der Waals surface area contributed by atoms with E-state index in [4.69, 9.17) is 15.9 Å². The molecule has 0 aliphatic heterocycles. The topological polar surface area (TPSA) is 66.5 Å². The van der Waals surface area contributed by atoms with Gasteiger partial charge >= 0.3 is 0 Å². The van der Waals surface area contributed by atoms with Crippen molar-refractivity contribution in [2.45, 2.75) is 12.5 Å². The zero-order chi connectivity index (χ0) is 10.7. The Bertz CT molecular complexity index is 308. The first kappa shape index (κ1) is 10.9. The van der Waals surface area contributed by atoms with Crippen molar-refractivity contribution in [1.29, 1.82) is 0 Å². The molecule has 1 unspecified atom stereocenters. The van der Waals surface area contributed by atoms with E-state index in [0.717, 1.165) is 12.1 Å². The average Bonchev–Trinajstić information content (AvgIpc) is 2.01. The van der Waals surface area contributed by atoms with E-state index in [1.165, 1.54) is 0 Å². The van der Waals surface area contributed by atoms with Crippen molar-refractivity contribution in [2.24, 2.45) is 5.73 Å². The second kappa shape index (κ2) is 4.34. The molecule has 4 N–H and O–H groups in total. The number of hydrogen-bond acceptors (Lipinski definition) is 3. The van der Waals surface area contributed by atoms with E-state index in [-0.39, 0.29) is 18.6 Å². The van der Waals surface area contributed by atoms with E-state index in [2.05, 4.69) is 0 Å². The lowest BCUT2D eigenvalue weighted by Gasteiger charge is -2.12. The molecule has 14 heavy (non-hydrogen) atoms. The number of aliphatic hydroxyl groups is 1. The molecule has 0 spiro atoms. The van der Waals surface area contributed by atoms with Gasteiger partial charge in [-0.05, 0) is 6.42 Å². The lowest BCUT2D eigenvalue weighted by Crippen LogP contribution is -2.15. The van der Waals surface area contributed by atoms with Crippen LogP contribution in [0, 0.1) is 11.6 Å². The molecule has 0 aromatic heterocycles. The van der Waals surface area contributed by atoms with Crippen LogP contribution in [-0.2, 0) is 0 Å². The Labute approximate surface area is 79.8 Å². The van der Waals surface area contributed by atoms with Crippen molar-refractivity contribution in [1.82, 2.24) is 0 Å². The molecule has 0 fully saturated rings. The van der Waals surface area contributed by atoms with Crippen LogP contribution in [0.3, 0.4) is 0 Å². The van der Waals surface area contributed by atoms with Gasteiger partial charge in [0, 0.05) is 30.3 Å². The number of hydrogen-bond donors (Lipinski definition) is 3. The number of benzene rings is 1. The van der Waals surface area contributed by atoms with Gasteiger partial charge in [-0.2, -0.15) is 0 Å². The van der Waals surface area contributed by atoms with E-state index in [9.17, 15) is 8.78 Å². The Morgan fingerprint density at radius 1 is 1.29 bits per heavy atom. The molecule has 3 nitrogen and oxygen atoms in total. The van der Waals surface area contributed by atoms with Crippen LogP contribution in [0.5, 0.6) is 5.75 Å². The fraction of sp³-hybridized carbons (Fsp3) is 0.333. The van der Waals surface area contributed by atoms with Crippen LogP contribution < -0.4 is 5.73 Å². The zero-order valence-corrected chi connectivity index (χ0v) is 7.37. The summed E-state index contributed by atoms with van der Waals surface area (Å²) in [6, 6.07) is 0.672. The number of rotatable bonds is 3. The summed E-state index contributed by atoms with van der Waals surface area (Å²) in [6.45, 7) is -0.249. The van der Waals surface area contributed by atoms with Gasteiger partial charge in [-0.1, -0.05) is 0 Å². The van der Waals surface area contributed by atoms with Crippen molar-refractivity contribution in [3.63, 3.8) is 0 Å². The summed E-state index contributed by atoms with van der Waals surface area (Å²) < 4.78 is 26.2. The second-order valence-electron chi connectivity index (χ2n) is 2.94. The van der Waals surface area contributed by atoms with Gasteiger partial charge in [-0.3, -0.25) is 0 Å². The van der Waals surface area contributed by atoms with E-state index in [1.807, 2.05) is 0 Å². The SMILES string of the molecule is NC(CCO)c1c(F)cc(O)cc1F. The Morgan fingerprint density at radius 2 is 1.79 bits per heavy atom. The maximum atomic E-state index is 13.1. The maximum Gasteiger partial charge on any atom is 0.134 e. The van der Waals surface area contributed by atoms with Crippen LogP contribution in [0.1, 0.15) is 18.0 Å². The molecule has 78 valence electrons. The van der Waals surface area contributed by atoms with Gasteiger partial charge in [-0.25, -0.2) is 8.78 Å². The third-order valence-corrected chi connectivity index (χ3v) is 1.87. The van der Waals surface area contributed by atoms with Gasteiger partial charge in [0.15, 0.2) is 0 Å². The predicted octanol–water partition coefficient (Wildman–Crippen LogP) is 1.05. The fourth-order valence-corrected chi connectivity index (χ4v) is 1.21. The van der Waals surface area contributed by atoms with Crippen molar-refractivity contribution >= 4 is 0 Å². The van der Waals surface area contributed by atoms with Crippen LogP contribution >= 0.6 is 0 Å². The number of phenols is 1. The summed E-state index contributed by atoms with van der Waals surface area (Å²) in [4.78, 5) is 0. The van der Waals surface area contributed by atoms with Crippen molar-refractivity contribution in [2.75, 3.05) is 6.61 Å². The largest absolute Gasteiger partial charge is 0.508 e. The molecular weight excluding hydrogens is 192 g/mol. The quantitative estimate of drug-likeness (QED) is 0.688. The van der Waals surface area contributed by atoms with Crippen LogP contribution in [0.4, 0.5) is 8.78 Å². The maximum absolute atomic E-state index is 13.1. The van der Waals surface area contributed by atoms with Gasteiger partial charge in [0.05, 0.1) is 0 Å². The van der Waals surface area contributed by atoms with Crippen LogP contribution in [0.15, 0.2) is 12.1 Å². The van der Waals surface area contributed by atoms with E-state index in [0.29, 0.717) is 0 Å². The smallest absolute Gasteiger partial charge is 0.134 e. The zero-order valence-electron chi connectivity index (χ0n) is 7.37. The summed E-state index contributed by atoms with van der Waals surface area (Å²) in [5.41, 5.74) is 5.13. The highest BCUT2D eigenvalue weighted by Crippen LogP contribution is 2.25. The standard InChI is InChI=1S/C9H11F2NO2/c10-6-3-5(14)4-7(11)9(6)8(12)1-2-13/h3-4,8,13-14H,1-2,12H2. The van der Waals surface area contributed by atoms with Gasteiger partial charge < -0.3 is 15.9 Å². The lowest BCUT2D eigenvalue weighted by atomic mass is 10.0. The Kier molecular flexibility index (Phi) is 3.38. The van der Waals surface area contributed by atoms with E-state index >= 15 is 0 Å². The molecule has 0 radical (unpaired) electrons. The summed E-state index contributed by atoms with van der Waals surface area (Å²) in [6.07, 6.45) is 0.0681. The van der Waals surface area contributed by atoms with Gasteiger partial charge in [0.2, 0.25) is 0 Å². The average molecular weight is 203 g/mol. The van der Waals surface area contributed by atoms with Crippen LogP contribution in [0.25, 0.3) is 0 Å². The summed E-state index contributed by atoms with van der Waals surface area (Å²) >= 11 is 0. The summed E-state index contributed by atoms with van der Waals surface area (Å²) in [5.74, 6) is -2.29. The third-order valence-electron chi connectivity index (χ3n) is 1.87. The molecular formula is C9H11F2NO2. The molecule has 0 bridgehead atoms. The minimum atomic E-state index is -0.902. The van der Waals surface area contributed by atoms with Gasteiger partial charge in [0.25, 0.3) is 0 Å². The highest BCUT2D eigenvalue weighted by atomic mass is 19.1. The highest BCUT2D eigenvalue weighted by Gasteiger charge is 2.17. The molecule has 1 atom stereocenters. The molecule has 1 rings (SSSR count). The molecule has 0 heterocycles. The minimum Gasteiger partial charge on any atom is -0.508 e. The number of phenolic OH excluding ortho intramolecular Hbond substituents is 1. The minimum absolute atomic E-state index is 0.0681. The molecule has 0 amide bonds. The number of nitrogens with two attached hydrogens (primary N) is 1. The number of halogens is 2. The first-order chi connectivity index (χ1) is 6.56. The third kappa shape index (κ3) is 2.18. The molecule has 1 aromatic rings. The van der Waals surface area contributed by atoms with Crippen molar-refractivity contribution in [3.05, 3.63) is 29.3 Å². The van der Waals surface area contributed by atoms with Crippen molar-refractivity contribution < 1.29 is 19.0 Å². The van der Waals surface area contributed by atoms with Crippen molar-refractivity contribution in [3.8, 4) is 5.75 Å². The summed E-state index contributed by atoms with van der Waals surface area (Å²) in [5, 5.41) is 17.4. The normalized spacial score (nSPS) is 12.9.